The number of pyridine rings is 1. The Morgan fingerprint density at radius 2 is 1.51 bits per heavy atom. The number of ether oxygens (including phenoxy) is 1. The van der Waals surface area contributed by atoms with Gasteiger partial charge in [0.05, 0.1) is 41.9 Å². The van der Waals surface area contributed by atoms with Gasteiger partial charge < -0.3 is 20.1 Å². The molecule has 0 aliphatic carbocycles. The van der Waals surface area contributed by atoms with Crippen LogP contribution < -0.4 is 10.1 Å². The summed E-state index contributed by atoms with van der Waals surface area (Å²) >= 11 is 0. The van der Waals surface area contributed by atoms with Gasteiger partial charge in [-0.15, -0.1) is 0 Å². The van der Waals surface area contributed by atoms with Crippen LogP contribution in [0.15, 0.2) is 66.9 Å². The molecule has 7 nitrogen and oxygen atoms in total. The standard InChI is InChI=1S/C35H26F9N3O4/c1-16-9-18(31(48)49)3-5-22(16)17-4-8-28(51-2)24(12-17)25-15-45-29(35(42,43)44)14-23(25)26-6-7-27-30(46-32(50)47(26)27)19-10-20(33(36,37)38)13-21(11-19)34(39,40)41/h3-5,8-15,26-27,30H,6-7H2,1-2H3,(H,46,50)(H,48,49)/t26-,27-,30+/m0/s1. The molecule has 0 saturated carbocycles. The van der Waals surface area contributed by atoms with E-state index < -0.39 is 71.0 Å². The number of nitrogens with one attached hydrogen (secondary N) is 1. The van der Waals surface area contributed by atoms with Crippen molar-refractivity contribution in [2.45, 2.75) is 56.4 Å². The number of aryl methyl sites for hydroxylation is 1. The maximum absolute atomic E-state index is 14.0. The van der Waals surface area contributed by atoms with E-state index in [1.54, 1.807) is 31.2 Å². The number of benzene rings is 3. The largest absolute Gasteiger partial charge is 0.496 e. The molecule has 0 bridgehead atoms. The van der Waals surface area contributed by atoms with E-state index in [2.05, 4.69) is 10.3 Å². The molecule has 2 fully saturated rings. The van der Waals surface area contributed by atoms with Crippen LogP contribution in [0.5, 0.6) is 5.75 Å². The smallest absolute Gasteiger partial charge is 0.433 e. The van der Waals surface area contributed by atoms with Gasteiger partial charge in [-0.25, -0.2) is 9.59 Å². The lowest BCUT2D eigenvalue weighted by Crippen LogP contribution is -2.32. The van der Waals surface area contributed by atoms with Crippen LogP contribution in [0.2, 0.25) is 0 Å². The van der Waals surface area contributed by atoms with Gasteiger partial charge in [0.2, 0.25) is 0 Å². The minimum absolute atomic E-state index is 0.0196. The molecule has 0 spiro atoms. The van der Waals surface area contributed by atoms with Crippen LogP contribution in [-0.4, -0.2) is 40.1 Å². The van der Waals surface area contributed by atoms with Crippen molar-refractivity contribution in [3.05, 3.63) is 106 Å². The Hall–Kier alpha value is -5.28. The van der Waals surface area contributed by atoms with Crippen molar-refractivity contribution in [1.82, 2.24) is 15.2 Å². The molecule has 268 valence electrons. The van der Waals surface area contributed by atoms with Crippen molar-refractivity contribution < 1.29 is 58.9 Å². The number of aromatic carboxylic acids is 1. The Morgan fingerprint density at radius 3 is 2.08 bits per heavy atom. The van der Waals surface area contributed by atoms with Gasteiger partial charge in [0.25, 0.3) is 0 Å². The molecule has 1 aromatic heterocycles. The van der Waals surface area contributed by atoms with Gasteiger partial charge in [-0.2, -0.15) is 39.5 Å². The molecule has 3 aromatic carbocycles. The highest BCUT2D eigenvalue weighted by Crippen LogP contribution is 2.50. The molecule has 51 heavy (non-hydrogen) atoms. The summed E-state index contributed by atoms with van der Waals surface area (Å²) in [7, 11) is 1.33. The summed E-state index contributed by atoms with van der Waals surface area (Å²) in [5, 5.41) is 11.8. The maximum Gasteiger partial charge on any atom is 0.433 e. The first kappa shape index (κ1) is 35.5. The van der Waals surface area contributed by atoms with Gasteiger partial charge >= 0.3 is 30.5 Å². The summed E-state index contributed by atoms with van der Waals surface area (Å²) in [5.41, 5.74) is -2.75. The van der Waals surface area contributed by atoms with E-state index in [9.17, 15) is 54.2 Å². The Labute approximate surface area is 283 Å². The topological polar surface area (TPSA) is 91.8 Å². The third kappa shape index (κ3) is 6.66. The second-order valence-corrected chi connectivity index (χ2v) is 12.2. The summed E-state index contributed by atoms with van der Waals surface area (Å²) in [6.07, 6.45) is -14.2. The fourth-order valence-corrected chi connectivity index (χ4v) is 6.86. The SMILES string of the molecule is COc1ccc(-c2ccc(C(=O)O)cc2C)cc1-c1cnc(C(F)(F)F)cc1[C@@H]1CC[C@H]2[C@@H](c3cc(C(F)(F)F)cc(C(F)(F)F)c3)NC(=O)N12. The number of amides is 2. The molecule has 3 heterocycles. The minimum atomic E-state index is -5.14. The van der Waals surface area contributed by atoms with Gasteiger partial charge in [0.1, 0.15) is 11.4 Å². The zero-order valence-electron chi connectivity index (χ0n) is 26.5. The highest BCUT2D eigenvalue weighted by molar-refractivity contribution is 5.89. The molecular formula is C35H26F9N3O4. The van der Waals surface area contributed by atoms with Crippen molar-refractivity contribution in [2.24, 2.45) is 0 Å². The number of alkyl halides is 9. The van der Waals surface area contributed by atoms with Crippen LogP contribution in [0.3, 0.4) is 0 Å². The lowest BCUT2D eigenvalue weighted by molar-refractivity contribution is -0.143. The van der Waals surface area contributed by atoms with Gasteiger partial charge in [-0.1, -0.05) is 12.1 Å². The van der Waals surface area contributed by atoms with Crippen LogP contribution in [0.25, 0.3) is 22.3 Å². The third-order valence-electron chi connectivity index (χ3n) is 9.16. The second-order valence-electron chi connectivity index (χ2n) is 12.2. The van der Waals surface area contributed by atoms with Crippen LogP contribution in [-0.2, 0) is 18.5 Å². The number of carboxylic acid groups (broad SMARTS) is 1. The summed E-state index contributed by atoms with van der Waals surface area (Å²) in [6.45, 7) is 1.68. The molecule has 16 heteroatoms. The number of hydrogen-bond acceptors (Lipinski definition) is 4. The average Bonchev–Trinajstić information content (AvgIpc) is 3.63. The summed E-state index contributed by atoms with van der Waals surface area (Å²) in [6, 6.07) is 6.71. The molecule has 2 saturated heterocycles. The van der Waals surface area contributed by atoms with Crippen LogP contribution in [0, 0.1) is 6.92 Å². The van der Waals surface area contributed by atoms with Crippen LogP contribution in [0.4, 0.5) is 44.3 Å². The highest BCUT2D eigenvalue weighted by atomic mass is 19.4. The zero-order valence-corrected chi connectivity index (χ0v) is 26.5. The molecule has 4 aromatic rings. The maximum atomic E-state index is 14.0. The first-order valence-corrected chi connectivity index (χ1v) is 15.3. The minimum Gasteiger partial charge on any atom is -0.496 e. The van der Waals surface area contributed by atoms with Gasteiger partial charge in [0, 0.05) is 17.3 Å². The highest BCUT2D eigenvalue weighted by Gasteiger charge is 2.50. The van der Waals surface area contributed by atoms with Gasteiger partial charge in [-0.05, 0) is 96.1 Å². The number of aromatic nitrogens is 1. The van der Waals surface area contributed by atoms with E-state index in [1.165, 1.54) is 19.2 Å². The van der Waals surface area contributed by atoms with E-state index in [0.29, 0.717) is 28.8 Å². The number of methoxy groups -OCH3 is 1. The Kier molecular flexibility index (Phi) is 8.71. The number of hydrogen-bond donors (Lipinski definition) is 2. The molecular weight excluding hydrogens is 697 g/mol. The van der Waals surface area contributed by atoms with Crippen molar-refractivity contribution in [2.75, 3.05) is 7.11 Å². The molecule has 6 rings (SSSR count). The first-order valence-electron chi connectivity index (χ1n) is 15.3. The van der Waals surface area contributed by atoms with E-state index in [4.69, 9.17) is 4.74 Å². The molecule has 0 unspecified atom stereocenters. The van der Waals surface area contributed by atoms with Crippen LogP contribution >= 0.6 is 0 Å². The summed E-state index contributed by atoms with van der Waals surface area (Å²) in [5.74, 6) is -0.930. The van der Waals surface area contributed by atoms with E-state index in [-0.39, 0.29) is 46.9 Å². The fourth-order valence-electron chi connectivity index (χ4n) is 6.86. The number of fused-ring (bicyclic) bond motifs is 1. The quantitative estimate of drug-likeness (QED) is 0.194. The monoisotopic (exact) mass is 723 g/mol. The number of rotatable bonds is 6. The Bertz CT molecular complexity index is 2010. The predicted molar refractivity (Wildman–Crippen MR) is 164 cm³/mol. The normalized spacial score (nSPS) is 19.2. The molecule has 2 N–H and O–H groups in total. The zero-order chi connectivity index (χ0) is 37.2. The molecule has 3 atom stereocenters. The van der Waals surface area contributed by atoms with Gasteiger partial charge in [0.15, 0.2) is 0 Å². The summed E-state index contributed by atoms with van der Waals surface area (Å²) in [4.78, 5) is 29.7. The lowest BCUT2D eigenvalue weighted by atomic mass is 9.90. The first-order chi connectivity index (χ1) is 23.8. The molecule has 0 radical (unpaired) electrons. The number of halogens is 9. The average molecular weight is 724 g/mol. The lowest BCUT2D eigenvalue weighted by Gasteiger charge is -2.27. The predicted octanol–water partition coefficient (Wildman–Crippen LogP) is 9.46. The molecule has 2 aliphatic rings. The number of carboxylic acids is 1. The molecule has 2 amide bonds. The molecule has 2 aliphatic heterocycles. The fraction of sp³-hybridized carbons (Fsp3) is 0.286. The Balaban J connectivity index is 1.46. The van der Waals surface area contributed by atoms with Crippen LogP contribution in [0.1, 0.15) is 68.8 Å². The third-order valence-corrected chi connectivity index (χ3v) is 9.16. The number of nitrogens with zero attached hydrogens (tertiary/aromatic N) is 2. The van der Waals surface area contributed by atoms with E-state index in [1.807, 2.05) is 0 Å². The number of carbonyl (C=O) groups is 2. The summed E-state index contributed by atoms with van der Waals surface area (Å²) < 4.78 is 130. The van der Waals surface area contributed by atoms with Crippen molar-refractivity contribution in [3.8, 4) is 28.0 Å². The number of carbonyl (C=O) groups excluding carboxylic acids is 1. The number of urea groups is 1. The van der Waals surface area contributed by atoms with Crippen molar-refractivity contribution in [3.63, 3.8) is 0 Å². The second kappa shape index (κ2) is 12.5. The Morgan fingerprint density at radius 1 is 0.843 bits per heavy atom. The van der Waals surface area contributed by atoms with Gasteiger partial charge in [-0.3, -0.25) is 4.98 Å². The van der Waals surface area contributed by atoms with E-state index in [0.717, 1.165) is 17.2 Å². The van der Waals surface area contributed by atoms with Crippen molar-refractivity contribution >= 4 is 12.0 Å². The van der Waals surface area contributed by atoms with Crippen molar-refractivity contribution in [1.29, 1.82) is 0 Å². The van der Waals surface area contributed by atoms with E-state index >= 15 is 0 Å².